The number of allylic oxidation sites excluding steroid dienone is 4. The molecule has 0 aromatic heterocycles. The molecule has 0 bridgehead atoms. The van der Waals surface area contributed by atoms with Gasteiger partial charge in [0.1, 0.15) is 6.61 Å². The second-order valence-corrected chi connectivity index (χ2v) is 16.0. The average molecular weight is 772 g/mol. The van der Waals surface area contributed by atoms with Crippen LogP contribution in [-0.2, 0) is 32.7 Å². The summed E-state index contributed by atoms with van der Waals surface area (Å²) in [6.07, 6.45) is 42.0. The van der Waals surface area contributed by atoms with E-state index in [9.17, 15) is 19.0 Å². The highest BCUT2D eigenvalue weighted by Gasteiger charge is 2.26. The Bertz CT molecular complexity index is 928. The summed E-state index contributed by atoms with van der Waals surface area (Å²) in [6.45, 7) is 3.72. The minimum atomic E-state index is -4.38. The summed E-state index contributed by atoms with van der Waals surface area (Å²) in [6, 6.07) is 0. The zero-order chi connectivity index (χ0) is 38.9. The summed E-state index contributed by atoms with van der Waals surface area (Å²) < 4.78 is 32.8. The molecule has 0 amide bonds. The van der Waals surface area contributed by atoms with Crippen molar-refractivity contribution in [3.05, 3.63) is 24.3 Å². The predicted molar refractivity (Wildman–Crippen MR) is 220 cm³/mol. The van der Waals surface area contributed by atoms with Crippen LogP contribution in [0.25, 0.3) is 0 Å². The molecule has 9 nitrogen and oxygen atoms in total. The normalized spacial score (nSPS) is 13.5. The van der Waals surface area contributed by atoms with Gasteiger partial charge in [-0.3, -0.25) is 18.6 Å². The molecule has 53 heavy (non-hydrogen) atoms. The molecular formula is C43H82NO8P. The molecule has 10 heteroatoms. The number of hydrogen-bond acceptors (Lipinski definition) is 8. The number of phosphoric acid groups is 1. The fraction of sp³-hybridized carbons (Fsp3) is 0.860. The second-order valence-electron chi connectivity index (χ2n) is 14.6. The van der Waals surface area contributed by atoms with Crippen LogP contribution in [0.5, 0.6) is 0 Å². The highest BCUT2D eigenvalue weighted by molar-refractivity contribution is 7.47. The Kier molecular flexibility index (Phi) is 39.0. The van der Waals surface area contributed by atoms with Crippen molar-refractivity contribution in [3.8, 4) is 0 Å². The van der Waals surface area contributed by atoms with Gasteiger partial charge in [0.15, 0.2) is 6.10 Å². The highest BCUT2D eigenvalue weighted by Crippen LogP contribution is 2.43. The first-order valence-electron chi connectivity index (χ1n) is 21.8. The van der Waals surface area contributed by atoms with Crippen LogP contribution in [0, 0.1) is 0 Å². The quantitative estimate of drug-likeness (QED) is 0.0269. The van der Waals surface area contributed by atoms with Crippen LogP contribution in [-0.4, -0.2) is 49.3 Å². The zero-order valence-corrected chi connectivity index (χ0v) is 35.2. The summed E-state index contributed by atoms with van der Waals surface area (Å²) >= 11 is 0. The molecule has 0 aromatic rings. The summed E-state index contributed by atoms with van der Waals surface area (Å²) in [5, 5.41) is 0. The Morgan fingerprint density at radius 2 is 0.925 bits per heavy atom. The molecule has 0 heterocycles. The first-order valence-corrected chi connectivity index (χ1v) is 23.3. The Morgan fingerprint density at radius 1 is 0.547 bits per heavy atom. The largest absolute Gasteiger partial charge is 0.472 e. The molecule has 0 aromatic carbocycles. The third kappa shape index (κ3) is 40.0. The van der Waals surface area contributed by atoms with Crippen LogP contribution in [0.1, 0.15) is 206 Å². The van der Waals surface area contributed by atoms with Gasteiger partial charge in [-0.2, -0.15) is 0 Å². The number of hydrogen-bond donors (Lipinski definition) is 2. The smallest absolute Gasteiger partial charge is 0.462 e. The van der Waals surface area contributed by atoms with Crippen LogP contribution in [0.2, 0.25) is 0 Å². The van der Waals surface area contributed by atoms with Crippen LogP contribution in [0.3, 0.4) is 0 Å². The first-order chi connectivity index (χ1) is 25.8. The molecule has 2 atom stereocenters. The minimum absolute atomic E-state index is 0.0526. The summed E-state index contributed by atoms with van der Waals surface area (Å²) in [5.74, 6) is -0.838. The van der Waals surface area contributed by atoms with E-state index in [0.717, 1.165) is 64.2 Å². The Balaban J connectivity index is 4.16. The lowest BCUT2D eigenvalue weighted by atomic mass is 10.1. The summed E-state index contributed by atoms with van der Waals surface area (Å²) in [5.41, 5.74) is 5.34. The Hall–Kier alpha value is -1.51. The lowest BCUT2D eigenvalue weighted by molar-refractivity contribution is -0.161. The van der Waals surface area contributed by atoms with E-state index in [1.54, 1.807) is 0 Å². The molecule has 0 spiro atoms. The second kappa shape index (κ2) is 40.2. The van der Waals surface area contributed by atoms with Gasteiger partial charge in [0, 0.05) is 19.4 Å². The number of nitrogens with two attached hydrogens (primary N) is 1. The molecular weight excluding hydrogens is 689 g/mol. The molecule has 0 aliphatic heterocycles. The van der Waals surface area contributed by atoms with Crippen molar-refractivity contribution in [1.82, 2.24) is 0 Å². The van der Waals surface area contributed by atoms with Gasteiger partial charge in [-0.15, -0.1) is 0 Å². The zero-order valence-electron chi connectivity index (χ0n) is 34.3. The third-order valence-electron chi connectivity index (χ3n) is 9.31. The molecule has 0 rings (SSSR count). The van der Waals surface area contributed by atoms with Gasteiger partial charge in [0.05, 0.1) is 13.2 Å². The van der Waals surface area contributed by atoms with E-state index in [1.807, 2.05) is 0 Å². The number of rotatable bonds is 41. The lowest BCUT2D eigenvalue weighted by Gasteiger charge is -2.19. The van der Waals surface area contributed by atoms with Gasteiger partial charge < -0.3 is 20.1 Å². The summed E-state index contributed by atoms with van der Waals surface area (Å²) in [7, 11) is -4.38. The van der Waals surface area contributed by atoms with Crippen LogP contribution in [0.4, 0.5) is 0 Å². The van der Waals surface area contributed by atoms with Gasteiger partial charge >= 0.3 is 19.8 Å². The minimum Gasteiger partial charge on any atom is -0.462 e. The molecule has 2 unspecified atom stereocenters. The third-order valence-corrected chi connectivity index (χ3v) is 10.3. The molecule has 3 N–H and O–H groups in total. The molecule has 0 radical (unpaired) electrons. The van der Waals surface area contributed by atoms with Crippen molar-refractivity contribution in [2.45, 2.75) is 213 Å². The maximum atomic E-state index is 12.6. The van der Waals surface area contributed by atoms with Crippen LogP contribution < -0.4 is 5.73 Å². The number of ether oxygens (including phenoxy) is 2. The number of carbonyl (C=O) groups excluding carboxylic acids is 2. The van der Waals surface area contributed by atoms with Gasteiger partial charge in [-0.05, 0) is 64.2 Å². The fourth-order valence-corrected chi connectivity index (χ4v) is 6.80. The van der Waals surface area contributed by atoms with Crippen molar-refractivity contribution in [2.75, 3.05) is 26.4 Å². The Labute approximate surface area is 325 Å². The highest BCUT2D eigenvalue weighted by atomic mass is 31.2. The van der Waals surface area contributed by atoms with Crippen LogP contribution in [0.15, 0.2) is 24.3 Å². The number of unbranched alkanes of at least 4 members (excludes halogenated alkanes) is 24. The number of phosphoric ester groups is 1. The monoisotopic (exact) mass is 772 g/mol. The molecule has 0 fully saturated rings. The fourth-order valence-electron chi connectivity index (χ4n) is 6.04. The van der Waals surface area contributed by atoms with Gasteiger partial charge in [-0.25, -0.2) is 4.57 Å². The van der Waals surface area contributed by atoms with Gasteiger partial charge in [0.2, 0.25) is 0 Å². The van der Waals surface area contributed by atoms with E-state index in [1.165, 1.54) is 109 Å². The van der Waals surface area contributed by atoms with Gasteiger partial charge in [0.25, 0.3) is 0 Å². The average Bonchev–Trinajstić information content (AvgIpc) is 3.14. The van der Waals surface area contributed by atoms with E-state index in [4.69, 9.17) is 24.3 Å². The van der Waals surface area contributed by atoms with Crippen LogP contribution >= 0.6 is 7.82 Å². The molecule has 0 saturated heterocycles. The van der Waals surface area contributed by atoms with Crippen molar-refractivity contribution in [1.29, 1.82) is 0 Å². The van der Waals surface area contributed by atoms with Gasteiger partial charge in [-0.1, -0.05) is 154 Å². The van der Waals surface area contributed by atoms with Crippen molar-refractivity contribution in [2.24, 2.45) is 5.73 Å². The number of carbonyl (C=O) groups is 2. The van der Waals surface area contributed by atoms with E-state index < -0.39 is 26.5 Å². The predicted octanol–water partition coefficient (Wildman–Crippen LogP) is 12.4. The molecule has 0 aliphatic rings. The first kappa shape index (κ1) is 51.5. The molecule has 312 valence electrons. The standard InChI is InChI=1S/C43H82NO8P/c1-3-5-7-9-11-13-15-17-19-20-22-24-26-28-30-32-34-36-43(46)52-41(40-51-53(47,48)50-38-37-44)39-49-42(45)35-33-31-29-27-25-23-21-18-16-14-12-10-8-6-4-2/h17-19,21,41H,3-16,20,22-40,44H2,1-2H3,(H,47,48)/b19-17-,21-18+. The SMILES string of the molecule is CCCCCCCC/C=C\CCCCCCCCCC(=O)OC(COC(=O)CCCCCCC/C=C/CCCCCCCC)COP(=O)(O)OCCN. The van der Waals surface area contributed by atoms with Crippen molar-refractivity contribution >= 4 is 19.8 Å². The summed E-state index contributed by atoms with van der Waals surface area (Å²) in [4.78, 5) is 34.8. The Morgan fingerprint density at radius 3 is 1.34 bits per heavy atom. The van der Waals surface area contributed by atoms with Crippen molar-refractivity contribution < 1.29 is 37.6 Å². The number of esters is 2. The van der Waals surface area contributed by atoms with E-state index in [2.05, 4.69) is 38.2 Å². The topological polar surface area (TPSA) is 134 Å². The van der Waals surface area contributed by atoms with Crippen molar-refractivity contribution in [3.63, 3.8) is 0 Å². The maximum absolute atomic E-state index is 12.6. The van der Waals surface area contributed by atoms with E-state index >= 15 is 0 Å². The lowest BCUT2D eigenvalue weighted by Crippen LogP contribution is -2.29. The molecule has 0 saturated carbocycles. The maximum Gasteiger partial charge on any atom is 0.472 e. The van der Waals surface area contributed by atoms with E-state index in [0.29, 0.717) is 6.42 Å². The molecule has 0 aliphatic carbocycles. The van der Waals surface area contributed by atoms with E-state index in [-0.39, 0.29) is 38.6 Å².